The minimum Gasteiger partial charge on any atom is -0.618 e. The molecule has 0 unspecified atom stereocenters. The van der Waals surface area contributed by atoms with Crippen molar-refractivity contribution in [2.24, 2.45) is 0 Å². The van der Waals surface area contributed by atoms with Gasteiger partial charge in [-0.2, -0.15) is 18.2 Å². The average Bonchev–Trinajstić information content (AvgIpc) is 1.57. The number of halogens is 4. The Labute approximate surface area is 732 Å². The van der Waals surface area contributed by atoms with E-state index in [4.69, 9.17) is 46.8 Å². The second-order valence-electron chi connectivity index (χ2n) is 29.1. The van der Waals surface area contributed by atoms with Gasteiger partial charge in [-0.05, 0) is 280 Å². The molecule has 9 aromatic heterocycles. The van der Waals surface area contributed by atoms with Crippen LogP contribution in [-0.4, -0.2) is 92.9 Å². The van der Waals surface area contributed by atoms with Crippen LogP contribution in [0.15, 0.2) is 224 Å². The Hall–Kier alpha value is -11.1. The highest BCUT2D eigenvalue weighted by molar-refractivity contribution is 8.24. The first kappa shape index (κ1) is 96.4. The molecule has 0 atom stereocenters. The molecule has 16 rings (SSSR count). The predicted molar refractivity (Wildman–Crippen MR) is 496 cm³/mol. The van der Waals surface area contributed by atoms with Gasteiger partial charge in [-0.25, -0.2) is 19.2 Å². The van der Waals surface area contributed by atoms with Crippen molar-refractivity contribution < 1.29 is 36.5 Å². The van der Waals surface area contributed by atoms with Gasteiger partial charge in [0, 0.05) is 113 Å². The van der Waals surface area contributed by atoms with Gasteiger partial charge < -0.3 is 25.3 Å². The zero-order chi connectivity index (χ0) is 89.0. The highest BCUT2D eigenvalue weighted by Gasteiger charge is 2.17. The number of carbonyl (C=O) groups excluding carboxylic acids is 1. The summed E-state index contributed by atoms with van der Waals surface area (Å²) in [5.41, 5.74) is 22.9. The zero-order valence-electron chi connectivity index (χ0n) is 71.2. The monoisotopic (exact) mass is 1760 g/mol. The van der Waals surface area contributed by atoms with Crippen molar-refractivity contribution in [2.75, 3.05) is 19.1 Å². The maximum atomic E-state index is 11.2. The molecule has 0 aliphatic rings. The number of nitrogens with zero attached hydrogens (tertiary/aromatic N) is 12. The maximum absolute atomic E-state index is 11.2. The van der Waals surface area contributed by atoms with Gasteiger partial charge in [0.1, 0.15) is 11.4 Å². The number of aldehydes is 1. The lowest BCUT2D eigenvalue weighted by molar-refractivity contribution is -0.577. The van der Waals surface area contributed by atoms with Crippen molar-refractivity contribution >= 4 is 138 Å². The lowest BCUT2D eigenvalue weighted by atomic mass is 10.1. The number of pyridine rings is 6. The topological polar surface area (TPSA) is 309 Å². The summed E-state index contributed by atoms with van der Waals surface area (Å²) < 4.78 is 55.5. The van der Waals surface area contributed by atoms with Crippen LogP contribution in [0.3, 0.4) is 0 Å². The molecule has 22 nitrogen and oxygen atoms in total. The minimum atomic E-state index is -4.08. The van der Waals surface area contributed by atoms with Gasteiger partial charge in [0.05, 0.1) is 55.3 Å². The van der Waals surface area contributed by atoms with Crippen LogP contribution in [-0.2, 0) is 54.6 Å². The third kappa shape index (κ3) is 30.5. The molecule has 0 spiro atoms. The van der Waals surface area contributed by atoms with Crippen LogP contribution in [0.25, 0.3) is 71.1 Å². The molecule has 0 saturated heterocycles. The van der Waals surface area contributed by atoms with Gasteiger partial charge in [0.25, 0.3) is 10.1 Å². The third-order valence-electron chi connectivity index (χ3n) is 18.7. The number of nitrogens with one attached hydrogen (secondary N) is 1. The smallest absolute Gasteiger partial charge is 0.339 e. The van der Waals surface area contributed by atoms with Crippen molar-refractivity contribution in [1.82, 2.24) is 54.2 Å². The lowest BCUT2D eigenvalue weighted by Gasteiger charge is -2.16. The van der Waals surface area contributed by atoms with Crippen LogP contribution in [0.1, 0.15) is 122 Å². The molecule has 0 fully saturated rings. The number of fused-ring (bicyclic) bond motifs is 7. The molecule has 0 saturated carbocycles. The van der Waals surface area contributed by atoms with Crippen molar-refractivity contribution in [1.29, 1.82) is 5.41 Å². The third-order valence-corrected chi connectivity index (χ3v) is 20.1. The molecule has 16 aromatic rings. The first-order valence-electron chi connectivity index (χ1n) is 39.4. The number of benzene rings is 7. The van der Waals surface area contributed by atoms with E-state index in [0.717, 1.165) is 149 Å². The Balaban J connectivity index is 0.000000175. The van der Waals surface area contributed by atoms with E-state index < -0.39 is 15.3 Å². The molecule has 9 heterocycles. The standard InChI is InChI=1S/C19H19N5.C17H23NO2.C13H13NO.C10H8ClN.C10H9NO.C10H9N.C9H12O3S.C6H10N4.Cl3OP/c1-12-4-5-15-6-7-16(21-17(15)10-12)8-9-18-22-19-14(3)20-11-13(2)24(19)23-18;1-4-19-17(20-5-2)11-10-15-9-8-14-7-6-13(3)12-16(14)18-15;1-10-4-5-11-6-7-12(3-2-8-15)14-13(11)9-10;1-7-2-3-8-4-5-10(11)12-9(8)6-7;1-8-4-5-9-3-2-6-11(12)10(9)7-8;1-8-4-5-9-3-2-6-11-10(9)7-8;1-6-4-7(2)9(8(3)5-6)13(10,11)12;1-4-3-9-5(2)6(7)10(4)8;1-5(2,3)4/h4-7,10-11H,8-9H2,1-3H3;6-9,12,17H,4-5,10-11H2,1-3H3;4-9H,2-3H2,1H3;2-6H,1H3;2-7H,1H3;2-7H,1H3;4-5H,1-3H3,(H,10,11,12);3,7H,8H2,1-2H3;. The van der Waals surface area contributed by atoms with Crippen molar-refractivity contribution in [3.63, 3.8) is 0 Å². The molecule has 0 bridgehead atoms. The minimum absolute atomic E-state index is 0.0260. The van der Waals surface area contributed by atoms with E-state index in [9.17, 15) is 23.0 Å². The largest absolute Gasteiger partial charge is 0.618 e. The maximum Gasteiger partial charge on any atom is 0.339 e. The van der Waals surface area contributed by atoms with Crippen LogP contribution < -0.4 is 16.1 Å². The van der Waals surface area contributed by atoms with Gasteiger partial charge in [0.15, 0.2) is 29.4 Å². The van der Waals surface area contributed by atoms with E-state index in [0.29, 0.717) is 41.6 Å². The fraction of sp³-hybridized carbons (Fsp3) is 0.255. The van der Waals surface area contributed by atoms with Crippen molar-refractivity contribution in [3.8, 4) is 0 Å². The average molecular weight is 1760 g/mol. The van der Waals surface area contributed by atoms with Gasteiger partial charge >= 0.3 is 5.20 Å². The van der Waals surface area contributed by atoms with Crippen LogP contribution in [0.2, 0.25) is 5.15 Å². The quantitative estimate of drug-likeness (QED) is 0.0133. The summed E-state index contributed by atoms with van der Waals surface area (Å²) >= 11 is 19.6. The summed E-state index contributed by atoms with van der Waals surface area (Å²) in [6.45, 7) is 30.4. The highest BCUT2D eigenvalue weighted by atomic mass is 36.0. The van der Waals surface area contributed by atoms with E-state index in [-0.39, 0.29) is 16.7 Å². The zero-order valence-corrected chi connectivity index (χ0v) is 75.9. The van der Waals surface area contributed by atoms with Gasteiger partial charge in [-0.1, -0.05) is 120 Å². The molecule has 0 amide bonds. The number of hydrogen-bond donors (Lipinski definition) is 3. The Morgan fingerprint density at radius 2 is 0.934 bits per heavy atom. The van der Waals surface area contributed by atoms with Crippen LogP contribution in [0, 0.1) is 101 Å². The number of hydrogen-bond acceptors (Lipinski definition) is 18. The van der Waals surface area contributed by atoms with Crippen LogP contribution in [0.5, 0.6) is 0 Å². The van der Waals surface area contributed by atoms with Crippen molar-refractivity contribution in [3.05, 3.63) is 331 Å². The first-order valence-corrected chi connectivity index (χ1v) is 45.7. The summed E-state index contributed by atoms with van der Waals surface area (Å²) in [6, 6.07) is 64.7. The molecule has 0 aliphatic carbocycles. The Morgan fingerprint density at radius 1 is 0.516 bits per heavy atom. The van der Waals surface area contributed by atoms with Gasteiger partial charge in [-0.3, -0.25) is 44.4 Å². The number of aromatic nitrogens is 12. The molecule has 0 radical (unpaired) electrons. The summed E-state index contributed by atoms with van der Waals surface area (Å²) in [4.78, 5) is 45.7. The lowest BCUT2D eigenvalue weighted by Crippen LogP contribution is -2.31. The fourth-order valence-corrected chi connectivity index (χ4v) is 13.8. The number of aryl methyl sites for hydroxylation is 17. The SMILES string of the molecule is CCOC(CCc1ccc2ccc(C)cc2n1)OCC.Cc1cc(C)c(S(=O)(=O)O)c(C)c1.Cc1ccc2ccc(CCC=O)nc2c1.Cc1ccc2ccc(CCc3nc4c(C)ncc(C)n4n3)nc2c1.Cc1ccc2ccc(Cl)nc2c1.Cc1ccc2ccc[n+]([O-])c2c1.Cc1ccc2cccnc2c1.Cc1ncc(C)n(N)c1=N.O=P(Cl)(Cl)Cl. The highest BCUT2D eigenvalue weighted by Crippen LogP contribution is 2.61. The Kier molecular flexibility index (Phi) is 36.5. The first-order chi connectivity index (χ1) is 57.9. The molecule has 7 aromatic carbocycles. The van der Waals surface area contributed by atoms with E-state index in [1.54, 1.807) is 51.2 Å². The molecular weight excluding hydrogens is 1660 g/mol. The van der Waals surface area contributed by atoms with Crippen LogP contribution >= 0.6 is 50.5 Å². The Morgan fingerprint density at radius 3 is 1.41 bits per heavy atom. The Bertz CT molecular complexity index is 6400. The number of nitrogens with two attached hydrogens (primary N) is 1. The molecular formula is C94H103Cl4N14O8PS. The molecule has 122 heavy (non-hydrogen) atoms. The number of rotatable bonds is 14. The van der Waals surface area contributed by atoms with E-state index in [1.165, 1.54) is 54.8 Å². The fourth-order valence-electron chi connectivity index (χ4n) is 12.7. The van der Waals surface area contributed by atoms with E-state index >= 15 is 0 Å². The summed E-state index contributed by atoms with van der Waals surface area (Å²) in [6.07, 6.45) is 12.2. The second-order valence-corrected chi connectivity index (χ2v) is 37.4. The van der Waals surface area contributed by atoms with Crippen molar-refractivity contribution in [2.45, 2.75) is 154 Å². The summed E-state index contributed by atoms with van der Waals surface area (Å²) in [7, 11) is -4.08. The predicted octanol–water partition coefficient (Wildman–Crippen LogP) is 21.8. The molecule has 636 valence electrons. The van der Waals surface area contributed by atoms with E-state index in [2.05, 4.69) is 212 Å². The second kappa shape index (κ2) is 46.2. The molecule has 4 N–H and O–H groups in total. The summed E-state index contributed by atoms with van der Waals surface area (Å²) in [5.74, 6) is 6.31. The number of ether oxygens (including phenoxy) is 2. The van der Waals surface area contributed by atoms with E-state index in [1.807, 2.05) is 127 Å². The summed E-state index contributed by atoms with van der Waals surface area (Å²) in [5, 5.41) is 27.4. The molecule has 0 aliphatic heterocycles. The number of carbonyl (C=O) groups is 1. The van der Waals surface area contributed by atoms with Gasteiger partial charge in [0.2, 0.25) is 5.52 Å². The van der Waals surface area contributed by atoms with Gasteiger partial charge in [-0.15, -0.1) is 0 Å². The van der Waals surface area contributed by atoms with Crippen LogP contribution in [0.4, 0.5) is 0 Å². The number of nitrogen functional groups attached to an aromatic ring is 1. The normalized spacial score (nSPS) is 10.9. The molecule has 28 heteroatoms.